The number of rotatable bonds is 7. The van der Waals surface area contributed by atoms with E-state index in [-0.39, 0.29) is 23.4 Å². The summed E-state index contributed by atoms with van der Waals surface area (Å²) < 4.78 is 23.1. The molecule has 1 saturated carbocycles. The number of nitrogens with two attached hydrogens (primary N) is 1. The first-order valence-corrected chi connectivity index (χ1v) is 11.4. The van der Waals surface area contributed by atoms with Gasteiger partial charge in [0.25, 0.3) is 5.56 Å². The number of oxazole rings is 1. The van der Waals surface area contributed by atoms with Crippen molar-refractivity contribution >= 4 is 16.6 Å². The lowest BCUT2D eigenvalue weighted by Crippen LogP contribution is -2.44. The molecule has 0 bridgehead atoms. The Morgan fingerprint density at radius 2 is 2.18 bits per heavy atom. The van der Waals surface area contributed by atoms with E-state index in [9.17, 15) is 9.59 Å². The molecular weight excluding hydrogens is 441 g/mol. The van der Waals surface area contributed by atoms with Crippen molar-refractivity contribution in [2.75, 3.05) is 36.9 Å². The van der Waals surface area contributed by atoms with Gasteiger partial charge in [-0.05, 0) is 32.3 Å². The summed E-state index contributed by atoms with van der Waals surface area (Å²) in [4.78, 5) is 35.1. The van der Waals surface area contributed by atoms with Gasteiger partial charge in [-0.15, -0.1) is 0 Å². The summed E-state index contributed by atoms with van der Waals surface area (Å²) in [5.41, 5.74) is 0.139. The summed E-state index contributed by atoms with van der Waals surface area (Å²) in [5.74, 6) is 5.82. The van der Waals surface area contributed by atoms with E-state index in [1.54, 1.807) is 17.7 Å². The van der Waals surface area contributed by atoms with Crippen LogP contribution < -0.4 is 27.3 Å². The number of aromatic nitrogens is 3. The van der Waals surface area contributed by atoms with Crippen molar-refractivity contribution < 1.29 is 8.81 Å². The van der Waals surface area contributed by atoms with E-state index in [1.807, 2.05) is 4.90 Å². The minimum Gasteiger partial charge on any atom is -0.447 e. The van der Waals surface area contributed by atoms with Crippen LogP contribution >= 0.6 is 0 Å². The Hall–Kier alpha value is -3.65. The molecule has 3 aromatic rings. The Balaban J connectivity index is 1.53. The molecule has 1 aromatic carbocycles. The van der Waals surface area contributed by atoms with Crippen molar-refractivity contribution in [3.63, 3.8) is 0 Å². The predicted molar refractivity (Wildman–Crippen MR) is 125 cm³/mol. The number of hydrogen-bond acceptors (Lipinski definition) is 7. The number of halogens is 1. The molecule has 2 aromatic heterocycles. The highest BCUT2D eigenvalue weighted by Crippen LogP contribution is 2.40. The Bertz CT molecular complexity index is 1390. The second-order valence-electron chi connectivity index (χ2n) is 8.97. The molecule has 1 saturated heterocycles. The fourth-order valence-electron chi connectivity index (χ4n) is 5.10. The first-order valence-electron chi connectivity index (χ1n) is 11.4. The zero-order chi connectivity index (χ0) is 24.0. The molecule has 3 N–H and O–H groups in total. The summed E-state index contributed by atoms with van der Waals surface area (Å²) in [6, 6.07) is 0.962. The fraction of sp³-hybridized carbons (Fsp3) is 0.478. The SMILES string of the molecule is [C-]#[N+]CCNC(c1ncco1)[C@@H]1CCN(c2c(F)cc3c(=O)n(N)c(=O)n(C4CC4)c3c2C)C1. The Morgan fingerprint density at radius 3 is 2.85 bits per heavy atom. The van der Waals surface area contributed by atoms with E-state index in [0.717, 1.165) is 19.3 Å². The van der Waals surface area contributed by atoms with Crippen LogP contribution in [-0.4, -0.2) is 40.4 Å². The smallest absolute Gasteiger partial charge is 0.350 e. The van der Waals surface area contributed by atoms with E-state index in [4.69, 9.17) is 16.8 Å². The normalized spacial score (nSPS) is 19.0. The summed E-state index contributed by atoms with van der Waals surface area (Å²) in [7, 11) is 0. The number of fused-ring (bicyclic) bond motifs is 1. The number of hydrogen-bond donors (Lipinski definition) is 2. The average molecular weight is 468 g/mol. The Labute approximate surface area is 194 Å². The third-order valence-corrected chi connectivity index (χ3v) is 6.79. The highest BCUT2D eigenvalue weighted by Gasteiger charge is 2.36. The molecule has 0 spiro atoms. The van der Waals surface area contributed by atoms with Crippen molar-refractivity contribution in [3.05, 3.63) is 68.1 Å². The van der Waals surface area contributed by atoms with Gasteiger partial charge in [-0.1, -0.05) is 0 Å². The fourth-order valence-corrected chi connectivity index (χ4v) is 5.10. The number of anilines is 1. The van der Waals surface area contributed by atoms with E-state index in [2.05, 4.69) is 15.1 Å². The van der Waals surface area contributed by atoms with Gasteiger partial charge >= 0.3 is 5.69 Å². The molecule has 1 unspecified atom stereocenters. The lowest BCUT2D eigenvalue weighted by atomic mass is 9.98. The minimum atomic E-state index is -0.697. The number of nitrogens with one attached hydrogen (secondary N) is 1. The van der Waals surface area contributed by atoms with Gasteiger partial charge in [-0.25, -0.2) is 20.7 Å². The molecule has 2 fully saturated rings. The molecule has 0 amide bonds. The van der Waals surface area contributed by atoms with Gasteiger partial charge in [0.1, 0.15) is 12.1 Å². The molecule has 0 radical (unpaired) electrons. The highest BCUT2D eigenvalue weighted by molar-refractivity contribution is 5.87. The van der Waals surface area contributed by atoms with E-state index >= 15 is 4.39 Å². The van der Waals surface area contributed by atoms with Gasteiger partial charge in [-0.3, -0.25) is 14.7 Å². The monoisotopic (exact) mass is 467 g/mol. The molecule has 178 valence electrons. The quantitative estimate of drug-likeness (QED) is 0.309. The van der Waals surface area contributed by atoms with Crippen molar-refractivity contribution in [3.8, 4) is 0 Å². The topological polar surface area (TPSA) is 116 Å². The van der Waals surface area contributed by atoms with E-state index in [1.165, 1.54) is 12.3 Å². The standard InChI is InChI=1S/C23H26FN7O3/c1-13-19-16(22(32)31(25)23(33)30(19)15-3-4-15)11-17(24)20(13)29-9-5-14(12-29)18(27-7-6-26-2)21-28-8-10-34-21/h8,10-11,14-15,18,27H,3-7,9,12,25H2,1H3/t14-,18?/m1/s1. The van der Waals surface area contributed by atoms with E-state index < -0.39 is 17.1 Å². The first kappa shape index (κ1) is 22.2. The van der Waals surface area contributed by atoms with Crippen LogP contribution in [0.2, 0.25) is 0 Å². The van der Waals surface area contributed by atoms with Gasteiger partial charge in [0.05, 0.1) is 35.4 Å². The second-order valence-corrected chi connectivity index (χ2v) is 8.97. The zero-order valence-corrected chi connectivity index (χ0v) is 18.8. The number of benzene rings is 1. The van der Waals surface area contributed by atoms with Crippen LogP contribution in [0.5, 0.6) is 0 Å². The minimum absolute atomic E-state index is 0.0326. The summed E-state index contributed by atoms with van der Waals surface area (Å²) in [6.07, 6.45) is 5.49. The summed E-state index contributed by atoms with van der Waals surface area (Å²) in [6.45, 7) is 10.7. The van der Waals surface area contributed by atoms with Crippen molar-refractivity contribution in [2.45, 2.75) is 38.3 Å². The average Bonchev–Trinajstić information content (AvgIpc) is 3.29. The van der Waals surface area contributed by atoms with E-state index in [0.29, 0.717) is 53.5 Å². The third kappa shape index (κ3) is 3.64. The third-order valence-electron chi connectivity index (χ3n) is 6.79. The highest BCUT2D eigenvalue weighted by atomic mass is 19.1. The number of nitrogen functional groups attached to an aromatic ring is 1. The van der Waals surface area contributed by atoms with Crippen LogP contribution in [0.25, 0.3) is 15.7 Å². The molecule has 1 aliphatic carbocycles. The van der Waals surface area contributed by atoms with Crippen LogP contribution in [0.15, 0.2) is 32.5 Å². The molecular formula is C23H26FN7O3. The zero-order valence-electron chi connectivity index (χ0n) is 18.8. The maximum Gasteiger partial charge on any atom is 0.350 e. The van der Waals surface area contributed by atoms with Gasteiger partial charge in [0.2, 0.25) is 12.4 Å². The number of aryl methyl sites for hydroxylation is 1. The Morgan fingerprint density at radius 1 is 1.38 bits per heavy atom. The molecule has 2 atom stereocenters. The van der Waals surface area contributed by atoms with Crippen LogP contribution in [0.4, 0.5) is 10.1 Å². The number of nitrogens with zero attached hydrogens (tertiary/aromatic N) is 5. The van der Waals surface area contributed by atoms with Crippen molar-refractivity contribution in [1.29, 1.82) is 0 Å². The van der Waals surface area contributed by atoms with Gasteiger partial charge in [0, 0.05) is 30.6 Å². The summed E-state index contributed by atoms with van der Waals surface area (Å²) in [5, 5.41) is 3.47. The molecule has 10 nitrogen and oxygen atoms in total. The predicted octanol–water partition coefficient (Wildman–Crippen LogP) is 1.72. The lowest BCUT2D eigenvalue weighted by molar-refractivity contribution is 0.319. The van der Waals surface area contributed by atoms with Crippen LogP contribution in [0.1, 0.15) is 42.8 Å². The molecule has 2 aliphatic rings. The van der Waals surface area contributed by atoms with Crippen molar-refractivity contribution in [1.82, 2.24) is 19.5 Å². The maximum atomic E-state index is 15.4. The molecule has 1 aliphatic heterocycles. The van der Waals surface area contributed by atoms with Crippen LogP contribution in [0, 0.1) is 25.2 Å². The maximum absolute atomic E-state index is 15.4. The van der Waals surface area contributed by atoms with Crippen LogP contribution in [-0.2, 0) is 0 Å². The molecule has 3 heterocycles. The lowest BCUT2D eigenvalue weighted by Gasteiger charge is -2.26. The largest absolute Gasteiger partial charge is 0.447 e. The van der Waals surface area contributed by atoms with Crippen molar-refractivity contribution in [2.24, 2.45) is 5.92 Å². The summed E-state index contributed by atoms with van der Waals surface area (Å²) >= 11 is 0. The Kier molecular flexibility index (Phi) is 5.61. The molecule has 34 heavy (non-hydrogen) atoms. The first-order chi connectivity index (χ1) is 16.4. The van der Waals surface area contributed by atoms with Crippen LogP contribution in [0.3, 0.4) is 0 Å². The van der Waals surface area contributed by atoms with Gasteiger partial charge in [-0.2, -0.15) is 4.68 Å². The van der Waals surface area contributed by atoms with Gasteiger partial charge in [0.15, 0.2) is 0 Å². The van der Waals surface area contributed by atoms with Gasteiger partial charge < -0.3 is 20.0 Å². The molecule has 5 rings (SSSR count). The second kappa shape index (κ2) is 8.61. The molecule has 11 heteroatoms.